The van der Waals surface area contributed by atoms with Crippen LogP contribution in [0.1, 0.15) is 19.8 Å². The third-order valence-corrected chi connectivity index (χ3v) is 4.01. The van der Waals surface area contributed by atoms with E-state index in [4.69, 9.17) is 14.2 Å². The quantitative estimate of drug-likeness (QED) is 0.729. The van der Waals surface area contributed by atoms with Crippen LogP contribution in [0.25, 0.3) is 0 Å². The molecule has 2 aliphatic heterocycles. The molecule has 0 saturated carbocycles. The van der Waals surface area contributed by atoms with Gasteiger partial charge in [-0.2, -0.15) is 0 Å². The van der Waals surface area contributed by atoms with E-state index in [-0.39, 0.29) is 12.2 Å². The Morgan fingerprint density at radius 1 is 1.36 bits per heavy atom. The number of β-amino-alcohol motifs (C(OH)–C–C–N with tert-alkyl or cyclic N) is 1. The van der Waals surface area contributed by atoms with Crippen LogP contribution in [0.4, 0.5) is 4.79 Å². The van der Waals surface area contributed by atoms with E-state index in [0.29, 0.717) is 39.5 Å². The van der Waals surface area contributed by atoms with Gasteiger partial charge in [-0.05, 0) is 19.8 Å². The number of aliphatic hydroxyl groups excluding tert-OH is 1. The van der Waals surface area contributed by atoms with Crippen LogP contribution in [0.5, 0.6) is 0 Å². The van der Waals surface area contributed by atoms with Crippen molar-refractivity contribution in [2.75, 3.05) is 59.2 Å². The molecule has 1 amide bonds. The summed E-state index contributed by atoms with van der Waals surface area (Å²) in [7, 11) is 0. The molecule has 2 saturated heterocycles. The van der Waals surface area contributed by atoms with Gasteiger partial charge in [-0.25, -0.2) is 4.79 Å². The second-order valence-corrected chi connectivity index (χ2v) is 5.81. The van der Waals surface area contributed by atoms with Crippen molar-refractivity contribution in [1.82, 2.24) is 9.80 Å². The summed E-state index contributed by atoms with van der Waals surface area (Å²) in [5.74, 6) is 0. The van der Waals surface area contributed by atoms with Crippen LogP contribution in [-0.4, -0.2) is 92.4 Å². The first-order chi connectivity index (χ1) is 10.7. The van der Waals surface area contributed by atoms with Gasteiger partial charge < -0.3 is 24.2 Å². The van der Waals surface area contributed by atoms with Gasteiger partial charge >= 0.3 is 6.09 Å². The van der Waals surface area contributed by atoms with Crippen molar-refractivity contribution in [1.29, 1.82) is 0 Å². The number of hydrogen-bond acceptors (Lipinski definition) is 6. The third-order valence-electron chi connectivity index (χ3n) is 4.01. The van der Waals surface area contributed by atoms with E-state index >= 15 is 0 Å². The van der Waals surface area contributed by atoms with Gasteiger partial charge in [-0.3, -0.25) is 4.90 Å². The van der Waals surface area contributed by atoms with Crippen LogP contribution in [0.15, 0.2) is 0 Å². The number of ether oxygens (including phenoxy) is 3. The molecule has 2 heterocycles. The summed E-state index contributed by atoms with van der Waals surface area (Å²) in [6.45, 7) is 7.28. The summed E-state index contributed by atoms with van der Waals surface area (Å²) in [6, 6.07) is 0. The van der Waals surface area contributed by atoms with Gasteiger partial charge in [-0.1, -0.05) is 0 Å². The number of rotatable bonds is 7. The maximum Gasteiger partial charge on any atom is 0.409 e. The Bertz CT molecular complexity index is 328. The number of amides is 1. The smallest absolute Gasteiger partial charge is 0.409 e. The molecule has 0 radical (unpaired) electrons. The highest BCUT2D eigenvalue weighted by atomic mass is 16.6. The molecule has 0 bridgehead atoms. The van der Waals surface area contributed by atoms with Crippen molar-refractivity contribution in [3.63, 3.8) is 0 Å². The highest BCUT2D eigenvalue weighted by molar-refractivity contribution is 5.67. The molecule has 22 heavy (non-hydrogen) atoms. The Balaban J connectivity index is 1.55. The Morgan fingerprint density at radius 2 is 2.14 bits per heavy atom. The number of nitrogens with zero attached hydrogens (tertiary/aromatic N) is 2. The minimum atomic E-state index is -0.504. The first-order valence-corrected chi connectivity index (χ1v) is 8.20. The molecule has 0 spiro atoms. The van der Waals surface area contributed by atoms with E-state index in [1.54, 1.807) is 11.8 Å². The lowest BCUT2D eigenvalue weighted by atomic mass is 10.2. The molecule has 1 N–H and O–H groups in total. The average Bonchev–Trinajstić information content (AvgIpc) is 3.01. The molecule has 0 aromatic rings. The van der Waals surface area contributed by atoms with Crippen molar-refractivity contribution in [3.05, 3.63) is 0 Å². The van der Waals surface area contributed by atoms with Crippen molar-refractivity contribution in [2.45, 2.75) is 32.0 Å². The monoisotopic (exact) mass is 316 g/mol. The maximum atomic E-state index is 11.6. The minimum absolute atomic E-state index is 0.195. The van der Waals surface area contributed by atoms with Gasteiger partial charge in [0.15, 0.2) is 0 Å². The summed E-state index contributed by atoms with van der Waals surface area (Å²) in [4.78, 5) is 15.5. The standard InChI is InChI=1S/C15H28N2O5/c1-2-21-15(19)17-7-5-16(6-8-17)10-13(18)11-20-12-14-4-3-9-22-14/h13-14,18H,2-12H2,1H3/t13-,14+/m0/s1. The molecule has 0 unspecified atom stereocenters. The zero-order chi connectivity index (χ0) is 15.8. The van der Waals surface area contributed by atoms with Crippen LogP contribution in [-0.2, 0) is 14.2 Å². The van der Waals surface area contributed by atoms with Crippen LogP contribution in [0.2, 0.25) is 0 Å². The van der Waals surface area contributed by atoms with Gasteiger partial charge in [-0.15, -0.1) is 0 Å². The Hall–Kier alpha value is -0.890. The lowest BCUT2D eigenvalue weighted by molar-refractivity contribution is -0.0283. The summed E-state index contributed by atoms with van der Waals surface area (Å²) in [6.07, 6.45) is 1.59. The highest BCUT2D eigenvalue weighted by Gasteiger charge is 2.23. The maximum absolute atomic E-state index is 11.6. The van der Waals surface area contributed by atoms with Gasteiger partial charge in [0.05, 0.1) is 32.0 Å². The molecule has 0 aliphatic carbocycles. The molecule has 0 aromatic carbocycles. The highest BCUT2D eigenvalue weighted by Crippen LogP contribution is 2.12. The second kappa shape index (κ2) is 9.29. The lowest BCUT2D eigenvalue weighted by Crippen LogP contribution is -2.51. The predicted molar refractivity (Wildman–Crippen MR) is 80.8 cm³/mol. The van der Waals surface area contributed by atoms with Crippen LogP contribution >= 0.6 is 0 Å². The summed E-state index contributed by atoms with van der Waals surface area (Å²) in [5.41, 5.74) is 0. The number of aliphatic hydroxyl groups is 1. The van der Waals surface area contributed by atoms with E-state index in [0.717, 1.165) is 32.5 Å². The summed E-state index contributed by atoms with van der Waals surface area (Å²) < 4.78 is 16.0. The van der Waals surface area contributed by atoms with Crippen molar-refractivity contribution in [3.8, 4) is 0 Å². The minimum Gasteiger partial charge on any atom is -0.450 e. The van der Waals surface area contributed by atoms with Gasteiger partial charge in [0.1, 0.15) is 0 Å². The zero-order valence-electron chi connectivity index (χ0n) is 13.4. The molecule has 7 heteroatoms. The van der Waals surface area contributed by atoms with Crippen molar-refractivity contribution in [2.24, 2.45) is 0 Å². The SMILES string of the molecule is CCOC(=O)N1CCN(C[C@H](O)COC[C@H]2CCCO2)CC1. The number of carbonyl (C=O) groups is 1. The predicted octanol–water partition coefficient (Wildman–Crippen LogP) is 0.317. The van der Waals surface area contributed by atoms with Gasteiger partial charge in [0, 0.05) is 39.3 Å². The fourth-order valence-corrected chi connectivity index (χ4v) is 2.79. The van der Waals surface area contributed by atoms with E-state index in [2.05, 4.69) is 4.90 Å². The van der Waals surface area contributed by atoms with Crippen molar-refractivity contribution < 1.29 is 24.1 Å². The molecular formula is C15H28N2O5. The van der Waals surface area contributed by atoms with E-state index in [1.165, 1.54) is 0 Å². The summed E-state index contributed by atoms with van der Waals surface area (Å²) >= 11 is 0. The van der Waals surface area contributed by atoms with Crippen molar-refractivity contribution >= 4 is 6.09 Å². The Labute approximate surface area is 132 Å². The lowest BCUT2D eigenvalue weighted by Gasteiger charge is -2.34. The molecule has 2 fully saturated rings. The Kier molecular flexibility index (Phi) is 7.38. The molecule has 2 aliphatic rings. The van der Waals surface area contributed by atoms with E-state index in [1.807, 2.05) is 0 Å². The third kappa shape index (κ3) is 5.72. The molecule has 2 rings (SSSR count). The molecule has 7 nitrogen and oxygen atoms in total. The number of piperazine rings is 1. The molecular weight excluding hydrogens is 288 g/mol. The van der Waals surface area contributed by atoms with Crippen LogP contribution < -0.4 is 0 Å². The average molecular weight is 316 g/mol. The van der Waals surface area contributed by atoms with E-state index < -0.39 is 6.10 Å². The number of carbonyl (C=O) groups excluding carboxylic acids is 1. The van der Waals surface area contributed by atoms with Gasteiger partial charge in [0.2, 0.25) is 0 Å². The zero-order valence-corrected chi connectivity index (χ0v) is 13.4. The first-order valence-electron chi connectivity index (χ1n) is 8.20. The molecule has 2 atom stereocenters. The van der Waals surface area contributed by atoms with Gasteiger partial charge in [0.25, 0.3) is 0 Å². The van der Waals surface area contributed by atoms with Crippen LogP contribution in [0.3, 0.4) is 0 Å². The van der Waals surface area contributed by atoms with E-state index in [9.17, 15) is 9.90 Å². The summed E-state index contributed by atoms with van der Waals surface area (Å²) in [5, 5.41) is 10.0. The molecule has 0 aromatic heterocycles. The normalized spacial score (nSPS) is 24.5. The fourth-order valence-electron chi connectivity index (χ4n) is 2.79. The number of hydrogen-bond donors (Lipinski definition) is 1. The van der Waals surface area contributed by atoms with Crippen LogP contribution in [0, 0.1) is 0 Å². The second-order valence-electron chi connectivity index (χ2n) is 5.81. The fraction of sp³-hybridized carbons (Fsp3) is 0.933. The molecule has 128 valence electrons. The Morgan fingerprint density at radius 3 is 2.77 bits per heavy atom. The topological polar surface area (TPSA) is 71.5 Å². The largest absolute Gasteiger partial charge is 0.450 e. The first kappa shape index (κ1) is 17.5.